The fraction of sp³-hybridized carbons (Fsp3) is 0.600. The van der Waals surface area contributed by atoms with E-state index in [4.69, 9.17) is 5.11 Å². The maximum atomic E-state index is 12.4. The number of nitrogens with one attached hydrogen (secondary N) is 1. The first-order valence-electron chi connectivity index (χ1n) is 5.53. The molecule has 2 N–H and O–H groups in total. The van der Waals surface area contributed by atoms with Crippen molar-refractivity contribution in [1.82, 2.24) is 14.5 Å². The molecular formula is C10H17N3O4S. The van der Waals surface area contributed by atoms with E-state index in [1.54, 1.807) is 20.8 Å². The van der Waals surface area contributed by atoms with Gasteiger partial charge in [-0.25, -0.2) is 13.2 Å². The van der Waals surface area contributed by atoms with Crippen molar-refractivity contribution in [2.45, 2.75) is 38.6 Å². The van der Waals surface area contributed by atoms with Crippen LogP contribution >= 0.6 is 0 Å². The van der Waals surface area contributed by atoms with Crippen LogP contribution in [0.15, 0.2) is 4.90 Å². The molecule has 0 bridgehead atoms. The second kappa shape index (κ2) is 5.07. The molecule has 18 heavy (non-hydrogen) atoms. The highest BCUT2D eigenvalue weighted by Gasteiger charge is 2.33. The van der Waals surface area contributed by atoms with E-state index in [9.17, 15) is 13.2 Å². The average Bonchev–Trinajstić information content (AvgIpc) is 2.60. The summed E-state index contributed by atoms with van der Waals surface area (Å²) in [6.07, 6.45) is 0. The number of aromatic carboxylic acids is 1. The lowest BCUT2D eigenvalue weighted by molar-refractivity contribution is 0.0686. The third-order valence-corrected chi connectivity index (χ3v) is 4.86. The molecule has 0 unspecified atom stereocenters. The molecule has 8 heteroatoms. The van der Waals surface area contributed by atoms with Crippen molar-refractivity contribution < 1.29 is 18.3 Å². The van der Waals surface area contributed by atoms with E-state index in [2.05, 4.69) is 10.2 Å². The Bertz CT molecular complexity index is 547. The molecule has 0 saturated heterocycles. The Balaban J connectivity index is 3.45. The maximum Gasteiger partial charge on any atom is 0.357 e. The number of carbonyl (C=O) groups is 1. The molecule has 0 aliphatic rings. The summed E-state index contributed by atoms with van der Waals surface area (Å²) < 4.78 is 26.1. The topological polar surface area (TPSA) is 103 Å². The molecule has 1 heterocycles. The van der Waals surface area contributed by atoms with Gasteiger partial charge in [0.05, 0.1) is 5.69 Å². The van der Waals surface area contributed by atoms with Gasteiger partial charge >= 0.3 is 5.97 Å². The van der Waals surface area contributed by atoms with Crippen LogP contribution in [0.1, 0.15) is 37.0 Å². The summed E-state index contributed by atoms with van der Waals surface area (Å²) in [6.45, 7) is 6.92. The molecule has 1 aromatic heterocycles. The summed E-state index contributed by atoms with van der Waals surface area (Å²) >= 11 is 0. The Morgan fingerprint density at radius 3 is 2.44 bits per heavy atom. The number of rotatable bonds is 5. The highest BCUT2D eigenvalue weighted by atomic mass is 32.2. The van der Waals surface area contributed by atoms with Crippen LogP contribution in [0.3, 0.4) is 0 Å². The number of carboxylic acid groups (broad SMARTS) is 1. The van der Waals surface area contributed by atoms with E-state index in [-0.39, 0.29) is 23.2 Å². The Labute approximate surface area is 106 Å². The van der Waals surface area contributed by atoms with Crippen LogP contribution in [-0.4, -0.2) is 46.6 Å². The van der Waals surface area contributed by atoms with E-state index in [1.165, 1.54) is 11.2 Å². The first kappa shape index (κ1) is 14.7. The fourth-order valence-electron chi connectivity index (χ4n) is 1.81. The van der Waals surface area contributed by atoms with E-state index in [1.807, 2.05) is 0 Å². The summed E-state index contributed by atoms with van der Waals surface area (Å²) in [7, 11) is -3.85. The number of aryl methyl sites for hydroxylation is 1. The molecule has 0 aliphatic carbocycles. The summed E-state index contributed by atoms with van der Waals surface area (Å²) in [5, 5.41) is 14.9. The van der Waals surface area contributed by atoms with Gasteiger partial charge in [0.25, 0.3) is 0 Å². The highest BCUT2D eigenvalue weighted by molar-refractivity contribution is 7.89. The van der Waals surface area contributed by atoms with Crippen molar-refractivity contribution in [2.24, 2.45) is 0 Å². The lowest BCUT2D eigenvalue weighted by Crippen LogP contribution is -2.37. The maximum absolute atomic E-state index is 12.4. The zero-order valence-corrected chi connectivity index (χ0v) is 11.6. The minimum atomic E-state index is -3.85. The lowest BCUT2D eigenvalue weighted by atomic mass is 10.4. The first-order valence-corrected chi connectivity index (χ1v) is 6.97. The zero-order chi connectivity index (χ0) is 14.1. The number of aromatic amines is 1. The molecule has 0 radical (unpaired) electrons. The molecule has 0 aliphatic heterocycles. The predicted molar refractivity (Wildman–Crippen MR) is 65.0 cm³/mol. The summed E-state index contributed by atoms with van der Waals surface area (Å²) in [4.78, 5) is 10.7. The van der Waals surface area contributed by atoms with Gasteiger partial charge in [0, 0.05) is 12.6 Å². The van der Waals surface area contributed by atoms with Crippen LogP contribution in [0.2, 0.25) is 0 Å². The van der Waals surface area contributed by atoms with Crippen molar-refractivity contribution in [1.29, 1.82) is 0 Å². The number of aromatic nitrogens is 2. The fourth-order valence-corrected chi connectivity index (χ4v) is 3.75. The molecule has 0 atom stereocenters. The number of H-pyrrole nitrogens is 1. The molecule has 0 fully saturated rings. The van der Waals surface area contributed by atoms with E-state index < -0.39 is 21.7 Å². The van der Waals surface area contributed by atoms with Gasteiger partial charge in [0.2, 0.25) is 10.0 Å². The van der Waals surface area contributed by atoms with Crippen LogP contribution in [0.4, 0.5) is 0 Å². The Hall–Kier alpha value is -1.41. The number of nitrogens with zero attached hydrogens (tertiary/aromatic N) is 2. The first-order chi connectivity index (χ1) is 8.23. The minimum Gasteiger partial charge on any atom is -0.476 e. The van der Waals surface area contributed by atoms with Gasteiger partial charge in [-0.3, -0.25) is 5.10 Å². The van der Waals surface area contributed by atoms with Crippen molar-refractivity contribution in [3.63, 3.8) is 0 Å². The zero-order valence-electron chi connectivity index (χ0n) is 10.8. The van der Waals surface area contributed by atoms with E-state index in [0.29, 0.717) is 0 Å². The summed E-state index contributed by atoms with van der Waals surface area (Å²) in [5.74, 6) is -1.36. The lowest BCUT2D eigenvalue weighted by Gasteiger charge is -2.24. The van der Waals surface area contributed by atoms with Gasteiger partial charge in [0.15, 0.2) is 5.69 Å². The molecule has 7 nitrogen and oxygen atoms in total. The van der Waals surface area contributed by atoms with Gasteiger partial charge in [-0.15, -0.1) is 0 Å². The van der Waals surface area contributed by atoms with Gasteiger partial charge in [-0.2, -0.15) is 9.40 Å². The predicted octanol–water partition coefficient (Wildman–Crippen LogP) is 0.835. The molecule has 0 saturated carbocycles. The SMILES string of the molecule is CCN(C(C)C)S(=O)(=O)c1c(C(=O)O)n[nH]c1C. The van der Waals surface area contributed by atoms with Crippen LogP contribution < -0.4 is 0 Å². The average molecular weight is 275 g/mol. The Morgan fingerprint density at radius 2 is 2.06 bits per heavy atom. The van der Waals surface area contributed by atoms with Crippen LogP contribution in [-0.2, 0) is 10.0 Å². The second-order valence-electron chi connectivity index (χ2n) is 4.13. The normalized spacial score (nSPS) is 12.3. The minimum absolute atomic E-state index is 0.228. The monoisotopic (exact) mass is 275 g/mol. The van der Waals surface area contributed by atoms with E-state index in [0.717, 1.165) is 0 Å². The molecule has 0 aromatic carbocycles. The van der Waals surface area contributed by atoms with Crippen molar-refractivity contribution >= 4 is 16.0 Å². The third-order valence-electron chi connectivity index (χ3n) is 2.55. The molecule has 1 aromatic rings. The van der Waals surface area contributed by atoms with Crippen molar-refractivity contribution in [3.8, 4) is 0 Å². The highest BCUT2D eigenvalue weighted by Crippen LogP contribution is 2.23. The largest absolute Gasteiger partial charge is 0.476 e. The summed E-state index contributed by atoms with van der Waals surface area (Å²) in [5.41, 5.74) is -0.238. The quantitative estimate of drug-likeness (QED) is 0.828. The Morgan fingerprint density at radius 1 is 1.50 bits per heavy atom. The molecule has 1 rings (SSSR count). The molecular weight excluding hydrogens is 258 g/mol. The number of hydrogen-bond donors (Lipinski definition) is 2. The number of sulfonamides is 1. The van der Waals surface area contributed by atoms with E-state index >= 15 is 0 Å². The Kier molecular flexibility index (Phi) is 4.12. The van der Waals surface area contributed by atoms with Crippen LogP contribution in [0.5, 0.6) is 0 Å². The summed E-state index contributed by atoms with van der Waals surface area (Å²) in [6, 6.07) is -0.254. The third kappa shape index (κ3) is 2.39. The van der Waals surface area contributed by atoms with Crippen molar-refractivity contribution in [2.75, 3.05) is 6.54 Å². The van der Waals surface area contributed by atoms with Crippen molar-refractivity contribution in [3.05, 3.63) is 11.4 Å². The second-order valence-corrected chi connectivity index (χ2v) is 5.96. The number of carboxylic acids is 1. The molecule has 0 spiro atoms. The van der Waals surface area contributed by atoms with Gasteiger partial charge in [-0.05, 0) is 20.8 Å². The van der Waals surface area contributed by atoms with Gasteiger partial charge in [-0.1, -0.05) is 6.92 Å². The molecule has 0 amide bonds. The van der Waals surface area contributed by atoms with Crippen LogP contribution in [0.25, 0.3) is 0 Å². The van der Waals surface area contributed by atoms with Crippen LogP contribution in [0, 0.1) is 6.92 Å². The smallest absolute Gasteiger partial charge is 0.357 e. The standard InChI is InChI=1S/C10H17N3O4S/c1-5-13(6(2)3)18(16,17)9-7(4)11-12-8(9)10(14)15/h6H,5H2,1-4H3,(H,11,12)(H,14,15). The number of hydrogen-bond acceptors (Lipinski definition) is 4. The molecule has 102 valence electrons. The van der Waals surface area contributed by atoms with Gasteiger partial charge < -0.3 is 5.11 Å². The van der Waals surface area contributed by atoms with Gasteiger partial charge in [0.1, 0.15) is 4.90 Å².